The van der Waals surface area contributed by atoms with Gasteiger partial charge in [-0.3, -0.25) is 4.79 Å². The van der Waals surface area contributed by atoms with Crippen molar-refractivity contribution in [1.29, 1.82) is 0 Å². The Hall–Kier alpha value is -1.83. The van der Waals surface area contributed by atoms with Crippen molar-refractivity contribution in [3.8, 4) is 11.6 Å². The second-order valence-corrected chi connectivity index (χ2v) is 4.32. The average molecular weight is 254 g/mol. The number of hydrogen-bond donors (Lipinski definition) is 1. The fourth-order valence-electron chi connectivity index (χ4n) is 1.25. The number of aliphatic carboxylic acids is 1. The fourth-order valence-corrected chi connectivity index (χ4v) is 1.88. The van der Waals surface area contributed by atoms with Gasteiger partial charge < -0.3 is 14.2 Å². The summed E-state index contributed by atoms with van der Waals surface area (Å²) < 4.78 is 6.75. The Morgan fingerprint density at radius 2 is 2.35 bits per heavy atom. The lowest BCUT2D eigenvalue weighted by molar-refractivity contribution is -0.133. The minimum atomic E-state index is -0.893. The van der Waals surface area contributed by atoms with Gasteiger partial charge in [-0.15, -0.1) is 10.2 Å². The fraction of sp³-hybridized carbons (Fsp3) is 0.333. The van der Waals surface area contributed by atoms with Crippen LogP contribution in [0.15, 0.2) is 15.7 Å². The van der Waals surface area contributed by atoms with Gasteiger partial charge in [-0.05, 0) is 6.92 Å². The molecule has 17 heavy (non-hydrogen) atoms. The molecule has 0 aliphatic heterocycles. The lowest BCUT2D eigenvalue weighted by Gasteiger charge is -1.99. The molecule has 0 unspecified atom stereocenters. The van der Waals surface area contributed by atoms with Crippen molar-refractivity contribution >= 4 is 17.7 Å². The number of rotatable bonds is 4. The van der Waals surface area contributed by atoms with Gasteiger partial charge in [0.25, 0.3) is 0 Å². The topological polar surface area (TPSA) is 94.0 Å². The van der Waals surface area contributed by atoms with Gasteiger partial charge >= 0.3 is 5.97 Å². The van der Waals surface area contributed by atoms with E-state index in [0.717, 1.165) is 17.5 Å². The van der Waals surface area contributed by atoms with Gasteiger partial charge in [0.2, 0.25) is 11.6 Å². The molecule has 8 heteroatoms. The molecule has 0 amide bonds. The highest BCUT2D eigenvalue weighted by atomic mass is 32.2. The molecule has 0 saturated carbocycles. The van der Waals surface area contributed by atoms with E-state index in [0.29, 0.717) is 16.7 Å². The van der Waals surface area contributed by atoms with E-state index in [4.69, 9.17) is 9.63 Å². The Balaban J connectivity index is 2.23. The van der Waals surface area contributed by atoms with Crippen molar-refractivity contribution in [3.05, 3.63) is 11.8 Å². The van der Waals surface area contributed by atoms with Crippen LogP contribution in [0.1, 0.15) is 5.69 Å². The number of carboxylic acid groups (broad SMARTS) is 1. The molecule has 0 bridgehead atoms. The van der Waals surface area contributed by atoms with E-state index >= 15 is 0 Å². The molecule has 0 radical (unpaired) electrons. The van der Waals surface area contributed by atoms with E-state index in [1.807, 2.05) is 6.92 Å². The smallest absolute Gasteiger partial charge is 0.313 e. The largest absolute Gasteiger partial charge is 0.481 e. The van der Waals surface area contributed by atoms with Crippen LogP contribution in [-0.2, 0) is 11.8 Å². The van der Waals surface area contributed by atoms with Crippen LogP contribution in [0.2, 0.25) is 0 Å². The molecule has 7 nitrogen and oxygen atoms in total. The third-order valence-electron chi connectivity index (χ3n) is 2.01. The third-order valence-corrected chi connectivity index (χ3v) is 3.01. The van der Waals surface area contributed by atoms with Crippen LogP contribution in [0, 0.1) is 6.92 Å². The average Bonchev–Trinajstić information content (AvgIpc) is 2.82. The van der Waals surface area contributed by atoms with Gasteiger partial charge in [0, 0.05) is 13.1 Å². The lowest BCUT2D eigenvalue weighted by Crippen LogP contribution is -2.00. The molecule has 0 aliphatic carbocycles. The number of nitrogens with zero attached hydrogens (tertiary/aromatic N) is 4. The van der Waals surface area contributed by atoms with E-state index in [-0.39, 0.29) is 5.75 Å². The zero-order chi connectivity index (χ0) is 12.4. The predicted octanol–water partition coefficient (Wildman–Crippen LogP) is 0.955. The van der Waals surface area contributed by atoms with Gasteiger partial charge in [-0.2, -0.15) is 0 Å². The summed E-state index contributed by atoms with van der Waals surface area (Å²) in [6, 6.07) is 1.75. The van der Waals surface area contributed by atoms with E-state index in [1.54, 1.807) is 17.7 Å². The zero-order valence-electron chi connectivity index (χ0n) is 9.25. The van der Waals surface area contributed by atoms with Crippen LogP contribution in [0.3, 0.4) is 0 Å². The first-order valence-electron chi connectivity index (χ1n) is 4.75. The molecule has 0 fully saturated rings. The maximum absolute atomic E-state index is 10.5. The number of thioether (sulfide) groups is 1. The summed E-state index contributed by atoms with van der Waals surface area (Å²) >= 11 is 1.11. The molecule has 0 aliphatic rings. The second-order valence-electron chi connectivity index (χ2n) is 3.38. The number of carbonyl (C=O) groups is 1. The van der Waals surface area contributed by atoms with Gasteiger partial charge in [0.05, 0.1) is 11.4 Å². The molecule has 2 aromatic heterocycles. The number of aryl methyl sites for hydroxylation is 1. The van der Waals surface area contributed by atoms with E-state index < -0.39 is 5.97 Å². The minimum Gasteiger partial charge on any atom is -0.481 e. The van der Waals surface area contributed by atoms with Gasteiger partial charge in [0.1, 0.15) is 0 Å². The van der Waals surface area contributed by atoms with E-state index in [2.05, 4.69) is 15.4 Å². The lowest BCUT2D eigenvalue weighted by atomic mass is 10.4. The highest BCUT2D eigenvalue weighted by molar-refractivity contribution is 7.99. The second kappa shape index (κ2) is 4.58. The standard InChI is InChI=1S/C9H10N4O3S/c1-5-3-6(16-12-5)8-10-11-9(13(8)2)17-4-7(14)15/h3H,4H2,1-2H3,(H,14,15). The first-order chi connectivity index (χ1) is 8.08. The number of hydrogen-bond acceptors (Lipinski definition) is 6. The molecule has 90 valence electrons. The highest BCUT2D eigenvalue weighted by Crippen LogP contribution is 2.22. The van der Waals surface area contributed by atoms with Crippen LogP contribution in [0.5, 0.6) is 0 Å². The number of aromatic nitrogens is 4. The quantitative estimate of drug-likeness (QED) is 0.812. The monoisotopic (exact) mass is 254 g/mol. The van der Waals surface area contributed by atoms with Crippen LogP contribution < -0.4 is 0 Å². The van der Waals surface area contributed by atoms with Gasteiger partial charge in [-0.1, -0.05) is 16.9 Å². The van der Waals surface area contributed by atoms with Crippen molar-refractivity contribution in [2.45, 2.75) is 12.1 Å². The third kappa shape index (κ3) is 2.47. The number of carboxylic acids is 1. The van der Waals surface area contributed by atoms with Crippen molar-refractivity contribution in [3.63, 3.8) is 0 Å². The van der Waals surface area contributed by atoms with Crippen molar-refractivity contribution < 1.29 is 14.4 Å². The maximum atomic E-state index is 10.5. The van der Waals surface area contributed by atoms with Crippen LogP contribution in [-0.4, -0.2) is 36.7 Å². The molecule has 0 aromatic carbocycles. The van der Waals surface area contributed by atoms with Gasteiger partial charge in [-0.25, -0.2) is 0 Å². The van der Waals surface area contributed by atoms with Crippen molar-refractivity contribution in [2.24, 2.45) is 7.05 Å². The molecule has 1 N–H and O–H groups in total. The summed E-state index contributed by atoms with van der Waals surface area (Å²) in [5, 5.41) is 20.7. The Morgan fingerprint density at radius 3 is 2.94 bits per heavy atom. The molecule has 0 atom stereocenters. The predicted molar refractivity (Wildman–Crippen MR) is 59.6 cm³/mol. The summed E-state index contributed by atoms with van der Waals surface area (Å²) in [7, 11) is 1.75. The van der Waals surface area contributed by atoms with Crippen molar-refractivity contribution in [2.75, 3.05) is 5.75 Å². The van der Waals surface area contributed by atoms with Gasteiger partial charge in [0.15, 0.2) is 5.16 Å². The summed E-state index contributed by atoms with van der Waals surface area (Å²) in [5.74, 6) is 0.0923. The van der Waals surface area contributed by atoms with Crippen LogP contribution in [0.4, 0.5) is 0 Å². The first-order valence-corrected chi connectivity index (χ1v) is 5.74. The molecule has 2 aromatic rings. The first kappa shape index (κ1) is 11.6. The Labute approximate surface area is 101 Å². The van der Waals surface area contributed by atoms with E-state index in [1.165, 1.54) is 0 Å². The van der Waals surface area contributed by atoms with Crippen LogP contribution in [0.25, 0.3) is 11.6 Å². The molecule has 2 rings (SSSR count). The Kier molecular flexibility index (Phi) is 3.14. The zero-order valence-corrected chi connectivity index (χ0v) is 10.1. The van der Waals surface area contributed by atoms with Crippen molar-refractivity contribution in [1.82, 2.24) is 19.9 Å². The summed E-state index contributed by atoms with van der Waals surface area (Å²) in [5.41, 5.74) is 0.753. The molecular weight excluding hydrogens is 244 g/mol. The molecule has 0 saturated heterocycles. The molecular formula is C9H10N4O3S. The van der Waals surface area contributed by atoms with Crippen LogP contribution >= 0.6 is 11.8 Å². The molecule has 0 spiro atoms. The summed E-state index contributed by atoms with van der Waals surface area (Å²) in [6.45, 7) is 1.81. The minimum absolute atomic E-state index is 0.0542. The maximum Gasteiger partial charge on any atom is 0.313 e. The molecule has 2 heterocycles. The Morgan fingerprint density at radius 1 is 1.59 bits per heavy atom. The SMILES string of the molecule is Cc1cc(-c2nnc(SCC(=O)O)n2C)on1. The highest BCUT2D eigenvalue weighted by Gasteiger charge is 2.15. The normalized spacial score (nSPS) is 10.7. The Bertz CT molecular complexity index is 548. The summed E-state index contributed by atoms with van der Waals surface area (Å²) in [6.07, 6.45) is 0. The van der Waals surface area contributed by atoms with E-state index in [9.17, 15) is 4.79 Å². The summed E-state index contributed by atoms with van der Waals surface area (Å²) in [4.78, 5) is 10.5.